The van der Waals surface area contributed by atoms with Crippen LogP contribution in [0.5, 0.6) is 5.75 Å². The smallest absolute Gasteiger partial charge is 0.405 e. The fourth-order valence-electron chi connectivity index (χ4n) is 3.63. The second-order valence-corrected chi connectivity index (χ2v) is 6.01. The van der Waals surface area contributed by atoms with Crippen molar-refractivity contribution in [2.75, 3.05) is 13.1 Å². The molecule has 124 valence electrons. The van der Waals surface area contributed by atoms with Gasteiger partial charge in [-0.25, -0.2) is 0 Å². The number of halogens is 4. The summed E-state index contributed by atoms with van der Waals surface area (Å²) in [6.45, 7) is 2.26. The van der Waals surface area contributed by atoms with Crippen LogP contribution in [0, 0.1) is 11.8 Å². The molecule has 1 aromatic carbocycles. The molecule has 1 saturated carbocycles. The molecule has 2 fully saturated rings. The normalized spacial score (nSPS) is 28.3. The van der Waals surface area contributed by atoms with Gasteiger partial charge in [0.05, 0.1) is 0 Å². The summed E-state index contributed by atoms with van der Waals surface area (Å²) in [6.07, 6.45) is -2.46. The number of nitrogens with two attached hydrogens (primary N) is 1. The lowest BCUT2D eigenvalue weighted by molar-refractivity contribution is -0.275. The Hall–Kier alpha value is -0.980. The number of fused-ring (bicyclic) bond motifs is 1. The van der Waals surface area contributed by atoms with E-state index in [4.69, 9.17) is 5.73 Å². The minimum atomic E-state index is -4.65. The third-order valence-corrected chi connectivity index (χ3v) is 4.58. The van der Waals surface area contributed by atoms with E-state index < -0.39 is 6.36 Å². The van der Waals surface area contributed by atoms with Gasteiger partial charge in [-0.1, -0.05) is 18.2 Å². The summed E-state index contributed by atoms with van der Waals surface area (Å²) in [5.74, 6) is 0.975. The van der Waals surface area contributed by atoms with E-state index in [1.54, 1.807) is 18.2 Å². The van der Waals surface area contributed by atoms with Crippen LogP contribution in [-0.2, 0) is 6.54 Å². The SMILES string of the molecule is Cl.NC1CCC2CN(Cc3ccccc3OC(F)(F)F)CC12. The van der Waals surface area contributed by atoms with Crippen LogP contribution in [0.2, 0.25) is 0 Å². The van der Waals surface area contributed by atoms with E-state index in [1.165, 1.54) is 6.07 Å². The van der Waals surface area contributed by atoms with Crippen LogP contribution in [-0.4, -0.2) is 30.4 Å². The first-order chi connectivity index (χ1) is 9.92. The summed E-state index contributed by atoms with van der Waals surface area (Å²) >= 11 is 0. The van der Waals surface area contributed by atoms with Crippen LogP contribution < -0.4 is 10.5 Å². The van der Waals surface area contributed by atoms with E-state index in [0.29, 0.717) is 23.9 Å². The van der Waals surface area contributed by atoms with Gasteiger partial charge in [-0.3, -0.25) is 4.90 Å². The molecule has 0 amide bonds. The van der Waals surface area contributed by atoms with E-state index in [0.717, 1.165) is 25.9 Å². The molecule has 0 radical (unpaired) electrons. The van der Waals surface area contributed by atoms with Gasteiger partial charge >= 0.3 is 6.36 Å². The van der Waals surface area contributed by atoms with Gasteiger partial charge in [0.1, 0.15) is 5.75 Å². The highest BCUT2D eigenvalue weighted by atomic mass is 35.5. The average Bonchev–Trinajstić information content (AvgIpc) is 2.93. The van der Waals surface area contributed by atoms with Crippen LogP contribution in [0.25, 0.3) is 0 Å². The van der Waals surface area contributed by atoms with E-state index in [1.807, 2.05) is 0 Å². The summed E-state index contributed by atoms with van der Waals surface area (Å²) in [5, 5.41) is 0. The van der Waals surface area contributed by atoms with Crippen molar-refractivity contribution < 1.29 is 17.9 Å². The molecule has 3 unspecified atom stereocenters. The van der Waals surface area contributed by atoms with Gasteiger partial charge in [-0.15, -0.1) is 25.6 Å². The van der Waals surface area contributed by atoms with Crippen molar-refractivity contribution in [3.63, 3.8) is 0 Å². The topological polar surface area (TPSA) is 38.5 Å². The second-order valence-electron chi connectivity index (χ2n) is 6.01. The van der Waals surface area contributed by atoms with Gasteiger partial charge in [-0.2, -0.15) is 0 Å². The Morgan fingerprint density at radius 1 is 1.18 bits per heavy atom. The first kappa shape index (κ1) is 17.4. The zero-order valence-electron chi connectivity index (χ0n) is 12.1. The predicted octanol–water partition coefficient (Wildman–Crippen LogP) is 3.18. The number of likely N-dealkylation sites (tertiary alicyclic amines) is 1. The monoisotopic (exact) mass is 336 g/mol. The van der Waals surface area contributed by atoms with Crippen molar-refractivity contribution in [2.45, 2.75) is 31.8 Å². The maximum absolute atomic E-state index is 12.4. The lowest BCUT2D eigenvalue weighted by atomic mass is 9.98. The molecular formula is C15H20ClF3N2O. The lowest BCUT2D eigenvalue weighted by Gasteiger charge is -2.20. The third kappa shape index (κ3) is 3.86. The van der Waals surface area contributed by atoms with Gasteiger partial charge in [0.15, 0.2) is 0 Å². The fourth-order valence-corrected chi connectivity index (χ4v) is 3.63. The zero-order valence-corrected chi connectivity index (χ0v) is 12.9. The Kier molecular flexibility index (Phi) is 5.25. The molecule has 22 heavy (non-hydrogen) atoms. The summed E-state index contributed by atoms with van der Waals surface area (Å²) in [5.41, 5.74) is 6.66. The molecule has 1 saturated heterocycles. The summed E-state index contributed by atoms with van der Waals surface area (Å²) < 4.78 is 41.4. The first-order valence-electron chi connectivity index (χ1n) is 7.24. The third-order valence-electron chi connectivity index (χ3n) is 4.58. The number of benzene rings is 1. The number of ether oxygens (including phenoxy) is 1. The zero-order chi connectivity index (χ0) is 15.0. The van der Waals surface area contributed by atoms with Gasteiger partial charge in [0.2, 0.25) is 0 Å². The molecule has 2 aliphatic rings. The second kappa shape index (κ2) is 6.64. The molecule has 1 aliphatic carbocycles. The number of hydrogen-bond acceptors (Lipinski definition) is 3. The van der Waals surface area contributed by atoms with Gasteiger partial charge in [-0.05, 0) is 30.7 Å². The van der Waals surface area contributed by atoms with Gasteiger partial charge in [0.25, 0.3) is 0 Å². The lowest BCUT2D eigenvalue weighted by Crippen LogP contribution is -2.30. The predicted molar refractivity (Wildman–Crippen MR) is 79.8 cm³/mol. The molecule has 7 heteroatoms. The van der Waals surface area contributed by atoms with E-state index in [-0.39, 0.29) is 24.2 Å². The molecule has 2 N–H and O–H groups in total. The van der Waals surface area contributed by atoms with Crippen LogP contribution in [0.1, 0.15) is 18.4 Å². The number of rotatable bonds is 3. The molecule has 3 nitrogen and oxygen atoms in total. The summed E-state index contributed by atoms with van der Waals surface area (Å²) in [6, 6.07) is 6.59. The van der Waals surface area contributed by atoms with Crippen molar-refractivity contribution in [3.8, 4) is 5.75 Å². The first-order valence-corrected chi connectivity index (χ1v) is 7.24. The maximum atomic E-state index is 12.4. The molecule has 1 heterocycles. The standard InChI is InChI=1S/C15H19F3N2O.ClH/c16-15(17,18)21-14-4-2-1-3-11(14)8-20-7-10-5-6-13(19)12(10)9-20;/h1-4,10,12-13H,5-9,19H2;1H. The quantitative estimate of drug-likeness (QED) is 0.921. The molecular weight excluding hydrogens is 317 g/mol. The molecule has 0 spiro atoms. The Bertz CT molecular complexity index is 512. The minimum absolute atomic E-state index is 0. The molecule has 0 aromatic heterocycles. The Morgan fingerprint density at radius 2 is 1.91 bits per heavy atom. The van der Waals surface area contributed by atoms with Crippen LogP contribution in [0.4, 0.5) is 13.2 Å². The molecule has 1 aliphatic heterocycles. The highest BCUT2D eigenvalue weighted by Gasteiger charge is 2.41. The van der Waals surface area contributed by atoms with Gasteiger partial charge < -0.3 is 10.5 Å². The van der Waals surface area contributed by atoms with E-state index in [9.17, 15) is 13.2 Å². The Balaban J connectivity index is 0.00000176. The largest absolute Gasteiger partial charge is 0.573 e. The average molecular weight is 337 g/mol. The van der Waals surface area contributed by atoms with Crippen molar-refractivity contribution in [2.24, 2.45) is 17.6 Å². The van der Waals surface area contributed by atoms with E-state index in [2.05, 4.69) is 9.64 Å². The van der Waals surface area contributed by atoms with Gasteiger partial charge in [0, 0.05) is 31.2 Å². The van der Waals surface area contributed by atoms with Crippen molar-refractivity contribution in [3.05, 3.63) is 29.8 Å². The molecule has 3 rings (SSSR count). The number of nitrogens with zero attached hydrogens (tertiary/aromatic N) is 1. The minimum Gasteiger partial charge on any atom is -0.405 e. The number of alkyl halides is 3. The highest BCUT2D eigenvalue weighted by Crippen LogP contribution is 2.38. The van der Waals surface area contributed by atoms with Crippen LogP contribution in [0.15, 0.2) is 24.3 Å². The maximum Gasteiger partial charge on any atom is 0.573 e. The summed E-state index contributed by atoms with van der Waals surface area (Å²) in [7, 11) is 0. The fraction of sp³-hybridized carbons (Fsp3) is 0.600. The van der Waals surface area contributed by atoms with Crippen molar-refractivity contribution in [1.29, 1.82) is 0 Å². The number of para-hydroxylation sites is 1. The summed E-state index contributed by atoms with van der Waals surface area (Å²) in [4.78, 5) is 2.19. The molecule has 1 aromatic rings. The highest BCUT2D eigenvalue weighted by molar-refractivity contribution is 5.85. The number of hydrogen-bond donors (Lipinski definition) is 1. The molecule has 0 bridgehead atoms. The van der Waals surface area contributed by atoms with Crippen LogP contribution >= 0.6 is 12.4 Å². The molecule has 3 atom stereocenters. The Morgan fingerprint density at radius 3 is 2.59 bits per heavy atom. The van der Waals surface area contributed by atoms with Crippen LogP contribution in [0.3, 0.4) is 0 Å². The van der Waals surface area contributed by atoms with Crippen molar-refractivity contribution in [1.82, 2.24) is 4.90 Å². The Labute approximate surface area is 134 Å². The van der Waals surface area contributed by atoms with E-state index >= 15 is 0 Å². The van der Waals surface area contributed by atoms with Crippen molar-refractivity contribution >= 4 is 12.4 Å².